The smallest absolute Gasteiger partial charge is 0.137 e. The van der Waals surface area contributed by atoms with Crippen molar-refractivity contribution in [3.05, 3.63) is 28.8 Å². The average molecular weight is 267 g/mol. The highest BCUT2D eigenvalue weighted by Crippen LogP contribution is 2.28. The Bertz CT molecular complexity index is 424. The van der Waals surface area contributed by atoms with Crippen LogP contribution in [0.15, 0.2) is 18.2 Å². The van der Waals surface area contributed by atoms with Gasteiger partial charge in [-0.2, -0.15) is 5.26 Å². The minimum Gasteiger partial charge on any atom is -0.495 e. The van der Waals surface area contributed by atoms with Crippen molar-refractivity contribution < 1.29 is 4.74 Å². The molecule has 0 aliphatic carbocycles. The average Bonchev–Trinajstić information content (AvgIpc) is 2.40. The monoisotopic (exact) mass is 266 g/mol. The van der Waals surface area contributed by atoms with E-state index >= 15 is 0 Å². The molecule has 4 heteroatoms. The minimum absolute atomic E-state index is 0.159. The molecule has 0 aliphatic heterocycles. The summed E-state index contributed by atoms with van der Waals surface area (Å²) in [6.45, 7) is 6.81. The Labute approximate surface area is 114 Å². The fraction of sp³-hybridized carbons (Fsp3) is 0.500. The van der Waals surface area contributed by atoms with Gasteiger partial charge in [0.2, 0.25) is 0 Å². The van der Waals surface area contributed by atoms with Gasteiger partial charge in [0.05, 0.1) is 24.1 Å². The second kappa shape index (κ2) is 7.25. The van der Waals surface area contributed by atoms with Gasteiger partial charge < -0.3 is 9.64 Å². The number of hydrogen-bond donors (Lipinski definition) is 0. The molecule has 3 nitrogen and oxygen atoms in total. The third kappa shape index (κ3) is 3.63. The van der Waals surface area contributed by atoms with Crippen LogP contribution in [0.2, 0.25) is 5.02 Å². The number of benzene rings is 1. The lowest BCUT2D eigenvalue weighted by Crippen LogP contribution is -2.27. The van der Waals surface area contributed by atoms with E-state index in [4.69, 9.17) is 16.3 Å². The Balaban J connectivity index is 2.89. The summed E-state index contributed by atoms with van der Waals surface area (Å²) in [4.78, 5) is 2.23. The Hall–Kier alpha value is -1.24. The van der Waals surface area contributed by atoms with Crippen LogP contribution in [0.25, 0.3) is 0 Å². The summed E-state index contributed by atoms with van der Waals surface area (Å²) in [7, 11) is 1.58. The van der Waals surface area contributed by atoms with E-state index in [0.29, 0.717) is 10.8 Å². The Kier molecular flexibility index (Phi) is 5.97. The lowest BCUT2D eigenvalue weighted by molar-refractivity contribution is 0.298. The molecule has 0 saturated carbocycles. The largest absolute Gasteiger partial charge is 0.495 e. The van der Waals surface area contributed by atoms with Crippen LogP contribution < -0.4 is 4.74 Å². The van der Waals surface area contributed by atoms with E-state index < -0.39 is 0 Å². The standard InChI is InChI=1S/C14H19ClN2O/c1-4-17(5-2)10-12(9-16)11-6-7-14(18-3)13(15)8-11/h6-8,12H,4-5,10H2,1-3H3. The second-order valence-corrected chi connectivity index (χ2v) is 4.47. The molecule has 0 radical (unpaired) electrons. The molecule has 18 heavy (non-hydrogen) atoms. The van der Waals surface area contributed by atoms with Gasteiger partial charge >= 0.3 is 0 Å². The molecular formula is C14H19ClN2O. The number of nitriles is 1. The maximum atomic E-state index is 9.29. The molecule has 0 fully saturated rings. The first-order valence-corrected chi connectivity index (χ1v) is 6.49. The highest BCUT2D eigenvalue weighted by atomic mass is 35.5. The predicted molar refractivity (Wildman–Crippen MR) is 74.1 cm³/mol. The van der Waals surface area contributed by atoms with Gasteiger partial charge in [-0.15, -0.1) is 0 Å². The summed E-state index contributed by atoms with van der Waals surface area (Å²) in [5.41, 5.74) is 0.940. The maximum Gasteiger partial charge on any atom is 0.137 e. The number of hydrogen-bond acceptors (Lipinski definition) is 3. The first kappa shape index (κ1) is 14.8. The third-order valence-electron chi connectivity index (χ3n) is 3.07. The van der Waals surface area contributed by atoms with E-state index in [9.17, 15) is 5.26 Å². The van der Waals surface area contributed by atoms with Crippen molar-refractivity contribution in [2.24, 2.45) is 0 Å². The van der Waals surface area contributed by atoms with Crippen molar-refractivity contribution >= 4 is 11.6 Å². The topological polar surface area (TPSA) is 36.3 Å². The lowest BCUT2D eigenvalue weighted by Gasteiger charge is -2.21. The molecule has 98 valence electrons. The van der Waals surface area contributed by atoms with Crippen molar-refractivity contribution in [1.29, 1.82) is 5.26 Å². The first-order chi connectivity index (χ1) is 8.65. The van der Waals surface area contributed by atoms with Gasteiger partial charge in [0.25, 0.3) is 0 Å². The predicted octanol–water partition coefficient (Wildman–Crippen LogP) is 3.30. The number of halogens is 1. The van der Waals surface area contributed by atoms with Crippen LogP contribution in [-0.2, 0) is 0 Å². The molecule has 0 aromatic heterocycles. The van der Waals surface area contributed by atoms with Gasteiger partial charge in [-0.1, -0.05) is 31.5 Å². The highest BCUT2D eigenvalue weighted by Gasteiger charge is 2.15. The van der Waals surface area contributed by atoms with Crippen LogP contribution in [0.3, 0.4) is 0 Å². The molecule has 0 heterocycles. The molecule has 1 aromatic rings. The Morgan fingerprint density at radius 2 is 2.06 bits per heavy atom. The summed E-state index contributed by atoms with van der Waals surface area (Å²) in [5, 5.41) is 9.84. The van der Waals surface area contributed by atoms with Gasteiger partial charge in [0.15, 0.2) is 0 Å². The van der Waals surface area contributed by atoms with Crippen molar-refractivity contribution in [3.63, 3.8) is 0 Å². The van der Waals surface area contributed by atoms with Crippen molar-refractivity contribution in [2.45, 2.75) is 19.8 Å². The van der Waals surface area contributed by atoms with Crippen LogP contribution in [0.5, 0.6) is 5.75 Å². The van der Waals surface area contributed by atoms with E-state index in [-0.39, 0.29) is 5.92 Å². The van der Waals surface area contributed by atoms with Gasteiger partial charge in [0.1, 0.15) is 5.75 Å². The summed E-state index contributed by atoms with van der Waals surface area (Å²) >= 11 is 6.09. The van der Waals surface area contributed by atoms with Crippen molar-refractivity contribution in [2.75, 3.05) is 26.7 Å². The van der Waals surface area contributed by atoms with E-state index in [1.54, 1.807) is 7.11 Å². The zero-order valence-corrected chi connectivity index (χ0v) is 11.9. The number of ether oxygens (including phenoxy) is 1. The summed E-state index contributed by atoms with van der Waals surface area (Å²) in [5.74, 6) is 0.480. The van der Waals surface area contributed by atoms with Crippen LogP contribution in [0.4, 0.5) is 0 Å². The molecule has 0 N–H and O–H groups in total. The zero-order chi connectivity index (χ0) is 13.5. The van der Waals surface area contributed by atoms with Crippen LogP contribution in [0, 0.1) is 11.3 Å². The van der Waals surface area contributed by atoms with Crippen LogP contribution in [0.1, 0.15) is 25.3 Å². The summed E-state index contributed by atoms with van der Waals surface area (Å²) in [6.07, 6.45) is 0. The quantitative estimate of drug-likeness (QED) is 0.793. The Morgan fingerprint density at radius 1 is 1.39 bits per heavy atom. The number of methoxy groups -OCH3 is 1. The molecule has 0 aliphatic rings. The third-order valence-corrected chi connectivity index (χ3v) is 3.36. The number of nitrogens with zero attached hydrogens (tertiary/aromatic N) is 2. The summed E-state index contributed by atoms with van der Waals surface area (Å²) in [6, 6.07) is 7.87. The van der Waals surface area contributed by atoms with Crippen LogP contribution >= 0.6 is 11.6 Å². The van der Waals surface area contributed by atoms with E-state index in [2.05, 4.69) is 24.8 Å². The molecule has 0 spiro atoms. The number of rotatable bonds is 6. The fourth-order valence-electron chi connectivity index (χ4n) is 1.86. The number of likely N-dealkylation sites (N-methyl/N-ethyl adjacent to an activating group) is 1. The van der Waals surface area contributed by atoms with Gasteiger partial charge in [-0.05, 0) is 30.8 Å². The highest BCUT2D eigenvalue weighted by molar-refractivity contribution is 6.32. The Morgan fingerprint density at radius 3 is 2.50 bits per heavy atom. The molecule has 0 saturated heterocycles. The van der Waals surface area contributed by atoms with Crippen molar-refractivity contribution in [3.8, 4) is 11.8 Å². The molecular weight excluding hydrogens is 248 g/mol. The van der Waals surface area contributed by atoms with Crippen LogP contribution in [-0.4, -0.2) is 31.6 Å². The molecule has 1 rings (SSSR count). The molecule has 1 aromatic carbocycles. The fourth-order valence-corrected chi connectivity index (χ4v) is 2.13. The van der Waals surface area contributed by atoms with E-state index in [1.807, 2.05) is 18.2 Å². The summed E-state index contributed by atoms with van der Waals surface area (Å²) < 4.78 is 5.11. The van der Waals surface area contributed by atoms with Gasteiger partial charge in [-0.25, -0.2) is 0 Å². The van der Waals surface area contributed by atoms with E-state index in [0.717, 1.165) is 25.2 Å². The molecule has 0 bridgehead atoms. The molecule has 1 unspecified atom stereocenters. The molecule has 0 amide bonds. The second-order valence-electron chi connectivity index (χ2n) is 4.06. The normalized spacial score (nSPS) is 12.2. The van der Waals surface area contributed by atoms with Gasteiger partial charge in [0, 0.05) is 6.54 Å². The minimum atomic E-state index is -0.159. The first-order valence-electron chi connectivity index (χ1n) is 6.11. The lowest BCUT2D eigenvalue weighted by atomic mass is 10.00. The van der Waals surface area contributed by atoms with E-state index in [1.165, 1.54) is 0 Å². The SMILES string of the molecule is CCN(CC)CC(C#N)c1ccc(OC)c(Cl)c1. The molecule has 1 atom stereocenters. The maximum absolute atomic E-state index is 9.29. The van der Waals surface area contributed by atoms with Gasteiger partial charge in [-0.3, -0.25) is 0 Å². The van der Waals surface area contributed by atoms with Crippen molar-refractivity contribution in [1.82, 2.24) is 4.90 Å². The zero-order valence-electron chi connectivity index (χ0n) is 11.1.